The van der Waals surface area contributed by atoms with Crippen molar-refractivity contribution in [1.82, 2.24) is 5.32 Å². The summed E-state index contributed by atoms with van der Waals surface area (Å²) < 4.78 is 6.58. The number of methoxy groups -OCH3 is 1. The topological polar surface area (TPSA) is 21.3 Å². The van der Waals surface area contributed by atoms with Gasteiger partial charge in [-0.05, 0) is 67.4 Å². The normalized spacial score (nSPS) is 12.0. The number of nitrogens with one attached hydrogen (secondary N) is 1. The lowest BCUT2D eigenvalue weighted by atomic mass is 9.83. The largest absolute Gasteiger partial charge is 0.496 e. The average molecular weight is 356 g/mol. The molecular weight excluding hydrogens is 326 g/mol. The molecule has 0 unspecified atom stereocenters. The molecule has 120 valence electrons. The highest BCUT2D eigenvalue weighted by Gasteiger charge is 2.18. The van der Waals surface area contributed by atoms with Crippen LogP contribution in [-0.2, 0) is 6.42 Å². The van der Waals surface area contributed by atoms with Crippen LogP contribution in [-0.4, -0.2) is 20.2 Å². The van der Waals surface area contributed by atoms with Crippen LogP contribution in [0, 0.1) is 11.3 Å². The number of ether oxygens (including phenoxy) is 1. The first-order valence-electron chi connectivity index (χ1n) is 7.87. The van der Waals surface area contributed by atoms with Crippen molar-refractivity contribution < 1.29 is 4.74 Å². The van der Waals surface area contributed by atoms with E-state index < -0.39 is 0 Å². The molecule has 0 amide bonds. The van der Waals surface area contributed by atoms with Crippen LogP contribution in [0.15, 0.2) is 22.7 Å². The second-order valence-electron chi connectivity index (χ2n) is 6.97. The van der Waals surface area contributed by atoms with Crippen molar-refractivity contribution in [3.05, 3.63) is 28.2 Å². The zero-order valence-corrected chi connectivity index (χ0v) is 15.7. The van der Waals surface area contributed by atoms with Gasteiger partial charge in [0.2, 0.25) is 0 Å². The van der Waals surface area contributed by atoms with Gasteiger partial charge in [-0.2, -0.15) is 0 Å². The number of rotatable bonds is 9. The number of hydrogen-bond acceptors (Lipinski definition) is 2. The second-order valence-corrected chi connectivity index (χ2v) is 7.88. The predicted octanol–water partition coefficient (Wildman–Crippen LogP) is 5.05. The van der Waals surface area contributed by atoms with Gasteiger partial charge in [0.05, 0.1) is 7.11 Å². The van der Waals surface area contributed by atoms with E-state index in [4.69, 9.17) is 4.74 Å². The molecule has 0 aliphatic rings. The summed E-state index contributed by atoms with van der Waals surface area (Å²) in [6.45, 7) is 11.4. The Bertz CT molecular complexity index is 429. The van der Waals surface area contributed by atoms with Gasteiger partial charge >= 0.3 is 0 Å². The van der Waals surface area contributed by atoms with E-state index in [1.54, 1.807) is 7.11 Å². The summed E-state index contributed by atoms with van der Waals surface area (Å²) in [5, 5.41) is 3.54. The maximum absolute atomic E-state index is 5.46. The van der Waals surface area contributed by atoms with Gasteiger partial charge in [0.15, 0.2) is 0 Å². The Labute approximate surface area is 138 Å². The van der Waals surface area contributed by atoms with Gasteiger partial charge in [-0.1, -0.05) is 43.6 Å². The fourth-order valence-corrected chi connectivity index (χ4v) is 2.77. The van der Waals surface area contributed by atoms with E-state index in [2.05, 4.69) is 55.0 Å². The molecule has 0 fully saturated rings. The van der Waals surface area contributed by atoms with Gasteiger partial charge in [-0.3, -0.25) is 0 Å². The minimum absolute atomic E-state index is 0.345. The average Bonchev–Trinajstić information content (AvgIpc) is 2.41. The molecule has 0 spiro atoms. The predicted molar refractivity (Wildman–Crippen MR) is 95.1 cm³/mol. The molecule has 1 aromatic rings. The van der Waals surface area contributed by atoms with Crippen LogP contribution in [0.1, 0.15) is 46.1 Å². The monoisotopic (exact) mass is 355 g/mol. The van der Waals surface area contributed by atoms with Crippen molar-refractivity contribution >= 4 is 15.9 Å². The Kier molecular flexibility index (Phi) is 7.75. The number of halogens is 1. The van der Waals surface area contributed by atoms with Gasteiger partial charge in [0, 0.05) is 4.47 Å². The van der Waals surface area contributed by atoms with Crippen molar-refractivity contribution in [1.29, 1.82) is 0 Å². The van der Waals surface area contributed by atoms with Crippen molar-refractivity contribution in [2.45, 2.75) is 47.0 Å². The molecule has 0 bridgehead atoms. The molecule has 0 heterocycles. The highest BCUT2D eigenvalue weighted by molar-refractivity contribution is 9.10. The number of hydrogen-bond donors (Lipinski definition) is 1. The Hall–Kier alpha value is -0.540. The summed E-state index contributed by atoms with van der Waals surface area (Å²) in [5.41, 5.74) is 1.63. The molecule has 0 saturated heterocycles. The number of aryl methyl sites for hydroxylation is 1. The molecule has 1 aromatic carbocycles. The minimum Gasteiger partial charge on any atom is -0.496 e. The smallest absolute Gasteiger partial charge is 0.122 e. The summed E-state index contributed by atoms with van der Waals surface area (Å²) in [6, 6.07) is 6.24. The van der Waals surface area contributed by atoms with Gasteiger partial charge in [0.25, 0.3) is 0 Å². The van der Waals surface area contributed by atoms with Gasteiger partial charge < -0.3 is 10.1 Å². The molecule has 0 aromatic heterocycles. The maximum Gasteiger partial charge on any atom is 0.122 e. The Morgan fingerprint density at radius 1 is 1.24 bits per heavy atom. The molecule has 0 atom stereocenters. The second kappa shape index (κ2) is 8.79. The van der Waals surface area contributed by atoms with E-state index >= 15 is 0 Å². The zero-order chi connectivity index (χ0) is 15.9. The Morgan fingerprint density at radius 2 is 1.95 bits per heavy atom. The van der Waals surface area contributed by atoms with Crippen LogP contribution in [0.25, 0.3) is 0 Å². The lowest BCUT2D eigenvalue weighted by Gasteiger charge is -2.25. The van der Waals surface area contributed by atoms with Gasteiger partial charge in [-0.15, -0.1) is 0 Å². The molecule has 1 N–H and O–H groups in total. The van der Waals surface area contributed by atoms with E-state index in [1.165, 1.54) is 18.4 Å². The molecular formula is C18H30BrNO. The third kappa shape index (κ3) is 7.32. The summed E-state index contributed by atoms with van der Waals surface area (Å²) in [6.07, 6.45) is 3.43. The molecule has 1 rings (SSSR count). The van der Waals surface area contributed by atoms with Crippen molar-refractivity contribution in [3.63, 3.8) is 0 Å². The maximum atomic E-state index is 5.46. The van der Waals surface area contributed by atoms with E-state index in [9.17, 15) is 0 Å². The van der Waals surface area contributed by atoms with Gasteiger partial charge in [0.1, 0.15) is 5.75 Å². The van der Waals surface area contributed by atoms with Crippen LogP contribution in [0.3, 0.4) is 0 Å². The lowest BCUT2D eigenvalue weighted by molar-refractivity contribution is 0.298. The van der Waals surface area contributed by atoms with Crippen LogP contribution in [0.5, 0.6) is 5.75 Å². The van der Waals surface area contributed by atoms with Crippen LogP contribution in [0.4, 0.5) is 0 Å². The highest BCUT2D eigenvalue weighted by Crippen LogP contribution is 2.30. The summed E-state index contributed by atoms with van der Waals surface area (Å²) in [4.78, 5) is 0. The quantitative estimate of drug-likeness (QED) is 0.625. The van der Waals surface area contributed by atoms with Gasteiger partial charge in [-0.25, -0.2) is 0 Å². The third-order valence-electron chi connectivity index (χ3n) is 3.84. The van der Waals surface area contributed by atoms with E-state index in [0.29, 0.717) is 5.41 Å². The molecule has 0 aliphatic carbocycles. The lowest BCUT2D eigenvalue weighted by Crippen LogP contribution is -2.25. The Balaban J connectivity index is 2.47. The molecule has 21 heavy (non-hydrogen) atoms. The van der Waals surface area contributed by atoms with Crippen molar-refractivity contribution in [2.75, 3.05) is 20.2 Å². The van der Waals surface area contributed by atoms with Crippen molar-refractivity contribution in [3.8, 4) is 5.75 Å². The van der Waals surface area contributed by atoms with Crippen molar-refractivity contribution in [2.24, 2.45) is 11.3 Å². The van der Waals surface area contributed by atoms with Crippen LogP contribution >= 0.6 is 15.9 Å². The summed E-state index contributed by atoms with van der Waals surface area (Å²) in [5.74, 6) is 1.71. The third-order valence-corrected chi connectivity index (χ3v) is 4.34. The standard InChI is InChI=1S/C18H30BrNO/c1-14(2)13-20-11-10-18(3,4)9-8-15-12-16(19)6-7-17(15)21-5/h6-7,12,14,20H,8-11,13H2,1-5H3. The number of benzene rings is 1. The minimum atomic E-state index is 0.345. The van der Waals surface area contributed by atoms with E-state index in [0.717, 1.165) is 35.7 Å². The van der Waals surface area contributed by atoms with Crippen LogP contribution in [0.2, 0.25) is 0 Å². The van der Waals surface area contributed by atoms with Crippen LogP contribution < -0.4 is 10.1 Å². The first-order chi connectivity index (χ1) is 9.84. The zero-order valence-electron chi connectivity index (χ0n) is 14.1. The SMILES string of the molecule is COc1ccc(Br)cc1CCC(C)(C)CCNCC(C)C. The summed E-state index contributed by atoms with van der Waals surface area (Å²) >= 11 is 3.55. The first-order valence-corrected chi connectivity index (χ1v) is 8.66. The Morgan fingerprint density at radius 3 is 2.57 bits per heavy atom. The highest BCUT2D eigenvalue weighted by atomic mass is 79.9. The molecule has 0 radical (unpaired) electrons. The molecule has 0 saturated carbocycles. The molecule has 3 heteroatoms. The molecule has 2 nitrogen and oxygen atoms in total. The first kappa shape index (κ1) is 18.5. The fraction of sp³-hybridized carbons (Fsp3) is 0.667. The van der Waals surface area contributed by atoms with E-state index in [-0.39, 0.29) is 0 Å². The summed E-state index contributed by atoms with van der Waals surface area (Å²) in [7, 11) is 1.74. The fourth-order valence-electron chi connectivity index (χ4n) is 2.36. The molecule has 0 aliphatic heterocycles. The van der Waals surface area contributed by atoms with E-state index in [1.807, 2.05) is 12.1 Å².